The Balaban J connectivity index is 1.86. The van der Waals surface area contributed by atoms with E-state index in [4.69, 9.17) is 0 Å². The predicted octanol–water partition coefficient (Wildman–Crippen LogP) is 5.98. The minimum absolute atomic E-state index is 0.0151. The number of hydrogen-bond acceptors (Lipinski definition) is 7. The largest absolute Gasteiger partial charge is 0.508 e. The molecule has 5 rings (SSSR count). The Hall–Kier alpha value is -3.71. The van der Waals surface area contributed by atoms with E-state index >= 15 is 0 Å². The number of carbonyl (C=O) groups excluding carboxylic acids is 3. The minimum atomic E-state index is -2.62. The standard InChI is InChI=1S/C34H38O7/c1-16(2)20-13-21(19-11-9-8-10-12-19)27(36)24-22(20)14-32(6)15-33(7)25(17(3)4)28(37)23(18(5)35)30(39)34(33,41)31(40)26(32)29(24)38/h8-13,16-17,25,36,38-39,41H,14-15H2,1-7H3/t25?,32-,33-,34+/m1/s1. The zero-order valence-electron chi connectivity index (χ0n) is 24.6. The van der Waals surface area contributed by atoms with Crippen LogP contribution in [0.15, 0.2) is 53.3 Å². The lowest BCUT2D eigenvalue weighted by Crippen LogP contribution is -2.69. The van der Waals surface area contributed by atoms with Crippen LogP contribution in [0.4, 0.5) is 0 Å². The molecule has 2 aromatic carbocycles. The van der Waals surface area contributed by atoms with Gasteiger partial charge in [-0.25, -0.2) is 0 Å². The van der Waals surface area contributed by atoms with E-state index in [2.05, 4.69) is 0 Å². The highest BCUT2D eigenvalue weighted by molar-refractivity contribution is 6.24. The second-order valence-electron chi connectivity index (χ2n) is 13.2. The van der Waals surface area contributed by atoms with Gasteiger partial charge in [-0.2, -0.15) is 0 Å². The first kappa shape index (κ1) is 28.8. The van der Waals surface area contributed by atoms with Gasteiger partial charge in [-0.15, -0.1) is 0 Å². The molecule has 7 heteroatoms. The molecule has 0 heterocycles. The van der Waals surface area contributed by atoms with Crippen molar-refractivity contribution >= 4 is 23.1 Å². The SMILES string of the molecule is CC(=O)C1=C(O)[C@]2(O)C(=O)C3=C(O)c4c(O)c(-c5ccccc5)cc(C(C)C)c4C[C@]3(C)C[C@]2(C)C(C(C)C)C1=O. The number of Topliss-reactive ketones (excluding diaryl/α,β-unsaturated/α-hetero) is 3. The molecule has 0 radical (unpaired) electrons. The summed E-state index contributed by atoms with van der Waals surface area (Å²) in [5, 5.41) is 47.0. The number of carbonyl (C=O) groups is 3. The van der Waals surface area contributed by atoms with E-state index in [1.54, 1.807) is 20.8 Å². The maximum Gasteiger partial charge on any atom is 0.203 e. The Kier molecular flexibility index (Phi) is 6.43. The lowest BCUT2D eigenvalue weighted by Gasteiger charge is -2.59. The average molecular weight is 559 g/mol. The third kappa shape index (κ3) is 3.64. The molecular weight excluding hydrogens is 520 g/mol. The van der Waals surface area contributed by atoms with Crippen molar-refractivity contribution in [1.29, 1.82) is 0 Å². The number of benzene rings is 2. The van der Waals surface area contributed by atoms with Gasteiger partial charge >= 0.3 is 0 Å². The van der Waals surface area contributed by atoms with Gasteiger partial charge in [-0.1, -0.05) is 71.9 Å². The summed E-state index contributed by atoms with van der Waals surface area (Å²) in [6, 6.07) is 11.2. The molecule has 0 aromatic heterocycles. The van der Waals surface area contributed by atoms with E-state index in [-0.39, 0.29) is 41.6 Å². The van der Waals surface area contributed by atoms with Gasteiger partial charge in [-0.05, 0) is 54.4 Å². The lowest BCUT2D eigenvalue weighted by molar-refractivity contribution is -0.178. The predicted molar refractivity (Wildman–Crippen MR) is 155 cm³/mol. The molecule has 0 saturated heterocycles. The van der Waals surface area contributed by atoms with E-state index < -0.39 is 56.8 Å². The Morgan fingerprint density at radius 1 is 1.00 bits per heavy atom. The number of hydrogen-bond donors (Lipinski definition) is 4. The van der Waals surface area contributed by atoms with Crippen molar-refractivity contribution in [3.05, 3.63) is 70.0 Å². The number of fused-ring (bicyclic) bond motifs is 3. The summed E-state index contributed by atoms with van der Waals surface area (Å²) in [5.41, 5.74) is -2.85. The molecule has 0 aliphatic heterocycles. The Morgan fingerprint density at radius 3 is 2.15 bits per heavy atom. The van der Waals surface area contributed by atoms with Crippen molar-refractivity contribution in [2.75, 3.05) is 0 Å². The molecule has 7 nitrogen and oxygen atoms in total. The van der Waals surface area contributed by atoms with Gasteiger partial charge in [-0.3, -0.25) is 14.4 Å². The highest BCUT2D eigenvalue weighted by atomic mass is 16.3. The molecule has 0 spiro atoms. The third-order valence-corrected chi connectivity index (χ3v) is 9.75. The Labute approximate surface area is 240 Å². The van der Waals surface area contributed by atoms with Crippen LogP contribution in [0.2, 0.25) is 0 Å². The quantitative estimate of drug-likeness (QED) is 0.339. The fourth-order valence-electron chi connectivity index (χ4n) is 8.17. The maximum atomic E-state index is 14.5. The molecule has 1 unspecified atom stereocenters. The maximum absolute atomic E-state index is 14.5. The number of ketones is 3. The topological polar surface area (TPSA) is 132 Å². The van der Waals surface area contributed by atoms with Gasteiger partial charge in [0.15, 0.2) is 17.2 Å². The lowest BCUT2D eigenvalue weighted by atomic mass is 9.43. The van der Waals surface area contributed by atoms with Crippen LogP contribution in [-0.4, -0.2) is 43.4 Å². The fourth-order valence-corrected chi connectivity index (χ4v) is 8.17. The molecule has 1 fully saturated rings. The number of aromatic hydroxyl groups is 1. The monoisotopic (exact) mass is 558 g/mol. The zero-order valence-corrected chi connectivity index (χ0v) is 24.6. The van der Waals surface area contributed by atoms with Gasteiger partial charge in [0.1, 0.15) is 22.8 Å². The summed E-state index contributed by atoms with van der Waals surface area (Å²) in [6.45, 7) is 12.2. The van der Waals surface area contributed by atoms with E-state index in [1.807, 2.05) is 57.2 Å². The number of allylic oxidation sites excluding steroid dienone is 1. The van der Waals surface area contributed by atoms with Gasteiger partial charge < -0.3 is 20.4 Å². The molecule has 2 aromatic rings. The highest BCUT2D eigenvalue weighted by Gasteiger charge is 2.72. The smallest absolute Gasteiger partial charge is 0.203 e. The second kappa shape index (κ2) is 9.15. The first-order chi connectivity index (χ1) is 19.0. The molecule has 0 bridgehead atoms. The van der Waals surface area contributed by atoms with Crippen molar-refractivity contribution in [1.82, 2.24) is 0 Å². The van der Waals surface area contributed by atoms with Gasteiger partial charge in [0.2, 0.25) is 5.78 Å². The van der Waals surface area contributed by atoms with E-state index in [0.29, 0.717) is 11.1 Å². The first-order valence-electron chi connectivity index (χ1n) is 14.2. The van der Waals surface area contributed by atoms with Crippen LogP contribution in [0.5, 0.6) is 5.75 Å². The number of aliphatic hydroxyl groups excluding tert-OH is 2. The van der Waals surface area contributed by atoms with E-state index in [9.17, 15) is 34.8 Å². The van der Waals surface area contributed by atoms with Crippen molar-refractivity contribution < 1.29 is 34.8 Å². The summed E-state index contributed by atoms with van der Waals surface area (Å²) in [5.74, 6) is -5.17. The molecule has 41 heavy (non-hydrogen) atoms. The summed E-state index contributed by atoms with van der Waals surface area (Å²) < 4.78 is 0. The molecule has 216 valence electrons. The van der Waals surface area contributed by atoms with Crippen LogP contribution in [0.25, 0.3) is 16.9 Å². The molecule has 3 aliphatic rings. The van der Waals surface area contributed by atoms with Gasteiger partial charge in [0.05, 0.1) is 5.56 Å². The van der Waals surface area contributed by atoms with Crippen LogP contribution in [-0.2, 0) is 20.8 Å². The number of phenolic OH excluding ortho intramolecular Hbond substituents is 1. The van der Waals surface area contributed by atoms with Crippen molar-refractivity contribution in [2.24, 2.45) is 22.7 Å². The number of aliphatic hydroxyl groups is 3. The number of rotatable bonds is 4. The summed E-state index contributed by atoms with van der Waals surface area (Å²) in [6.07, 6.45) is 0.335. The van der Waals surface area contributed by atoms with Gasteiger partial charge in [0.25, 0.3) is 0 Å². The van der Waals surface area contributed by atoms with Crippen LogP contribution in [0.3, 0.4) is 0 Å². The number of phenols is 1. The minimum Gasteiger partial charge on any atom is -0.508 e. The van der Waals surface area contributed by atoms with Crippen molar-refractivity contribution in [2.45, 2.75) is 72.8 Å². The van der Waals surface area contributed by atoms with Crippen LogP contribution < -0.4 is 0 Å². The molecule has 3 aliphatic carbocycles. The van der Waals surface area contributed by atoms with Crippen LogP contribution in [0, 0.1) is 22.7 Å². The average Bonchev–Trinajstić information content (AvgIpc) is 2.86. The highest BCUT2D eigenvalue weighted by Crippen LogP contribution is 2.65. The molecule has 0 amide bonds. The molecule has 4 N–H and O–H groups in total. The van der Waals surface area contributed by atoms with Gasteiger partial charge in [0, 0.05) is 27.9 Å². The molecule has 1 saturated carbocycles. The second-order valence-corrected chi connectivity index (χ2v) is 13.2. The normalized spacial score (nSPS) is 29.6. The van der Waals surface area contributed by atoms with Crippen LogP contribution >= 0.6 is 0 Å². The fraction of sp³-hybridized carbons (Fsp3) is 0.441. The van der Waals surface area contributed by atoms with Crippen LogP contribution in [0.1, 0.15) is 77.5 Å². The summed E-state index contributed by atoms with van der Waals surface area (Å²) in [4.78, 5) is 40.7. The van der Waals surface area contributed by atoms with E-state index in [1.165, 1.54) is 0 Å². The Morgan fingerprint density at radius 2 is 1.61 bits per heavy atom. The van der Waals surface area contributed by atoms with E-state index in [0.717, 1.165) is 18.1 Å². The summed E-state index contributed by atoms with van der Waals surface area (Å²) >= 11 is 0. The molecule has 4 atom stereocenters. The van der Waals surface area contributed by atoms with Crippen molar-refractivity contribution in [3.8, 4) is 16.9 Å². The molecular formula is C34H38O7. The first-order valence-corrected chi connectivity index (χ1v) is 14.2. The third-order valence-electron chi connectivity index (χ3n) is 9.75. The Bertz CT molecular complexity index is 1580. The van der Waals surface area contributed by atoms with Crippen molar-refractivity contribution in [3.63, 3.8) is 0 Å². The summed E-state index contributed by atoms with van der Waals surface area (Å²) in [7, 11) is 0. The zero-order chi connectivity index (χ0) is 30.4.